The fourth-order valence-electron chi connectivity index (χ4n) is 4.76. The average Bonchev–Trinajstić information content (AvgIpc) is 3.32. The Morgan fingerprint density at radius 2 is 1.76 bits per heavy atom. The predicted molar refractivity (Wildman–Crippen MR) is 135 cm³/mol. The second kappa shape index (κ2) is 13.0. The van der Waals surface area contributed by atoms with Gasteiger partial charge in [-0.2, -0.15) is 0 Å². The summed E-state index contributed by atoms with van der Waals surface area (Å²) in [5, 5.41) is 24.1. The number of ether oxygens (including phenoxy) is 2. The Morgan fingerprint density at radius 3 is 2.49 bits per heavy atom. The maximum atomic E-state index is 13.0. The number of halogens is 1. The van der Waals surface area contributed by atoms with Gasteiger partial charge in [-0.3, -0.25) is 14.5 Å². The van der Waals surface area contributed by atoms with E-state index in [2.05, 4.69) is 5.32 Å². The number of hydrogen-bond acceptors (Lipinski definition) is 7. The molecule has 1 amide bonds. The number of unbranched alkanes of at least 4 members (excludes halogenated alkanes) is 2. The van der Waals surface area contributed by atoms with Crippen molar-refractivity contribution in [1.82, 2.24) is 10.2 Å². The van der Waals surface area contributed by atoms with E-state index in [9.17, 15) is 24.2 Å². The van der Waals surface area contributed by atoms with Crippen molar-refractivity contribution in [3.05, 3.63) is 59.4 Å². The highest BCUT2D eigenvalue weighted by atomic mass is 19.1. The third-order valence-corrected chi connectivity index (χ3v) is 6.81. The normalized spacial score (nSPS) is 18.8. The van der Waals surface area contributed by atoms with Crippen LogP contribution in [0.5, 0.6) is 11.5 Å². The number of aliphatic hydroxyl groups is 2. The number of hydrogen-bond donors (Lipinski definition) is 3. The van der Waals surface area contributed by atoms with E-state index >= 15 is 0 Å². The molecule has 0 bridgehead atoms. The third-order valence-electron chi connectivity index (χ3n) is 6.81. The molecule has 0 radical (unpaired) electrons. The monoisotopic (exact) mass is 514 g/mol. The second-order valence-electron chi connectivity index (χ2n) is 9.71. The molecule has 0 spiro atoms. The van der Waals surface area contributed by atoms with Crippen LogP contribution in [-0.4, -0.2) is 71.8 Å². The van der Waals surface area contributed by atoms with E-state index in [0.717, 1.165) is 0 Å². The zero-order chi connectivity index (χ0) is 26.2. The van der Waals surface area contributed by atoms with E-state index in [4.69, 9.17) is 9.47 Å². The molecule has 3 N–H and O–H groups in total. The molecule has 1 fully saturated rings. The van der Waals surface area contributed by atoms with Gasteiger partial charge in [0, 0.05) is 38.0 Å². The van der Waals surface area contributed by atoms with Crippen LogP contribution in [0.2, 0.25) is 0 Å². The topological polar surface area (TPSA) is 108 Å². The largest absolute Gasteiger partial charge is 0.486 e. The van der Waals surface area contributed by atoms with Gasteiger partial charge in [-0.15, -0.1) is 0 Å². The number of likely N-dealkylation sites (tertiary alicyclic amines) is 1. The molecule has 2 aliphatic heterocycles. The molecule has 0 saturated carbocycles. The Morgan fingerprint density at radius 1 is 1.03 bits per heavy atom. The fourth-order valence-corrected chi connectivity index (χ4v) is 4.76. The number of aliphatic hydroxyl groups excluding tert-OH is 2. The van der Waals surface area contributed by atoms with Gasteiger partial charge in [0.05, 0.1) is 12.1 Å². The number of nitrogens with zero attached hydrogens (tertiary/aromatic N) is 1. The summed E-state index contributed by atoms with van der Waals surface area (Å²) in [7, 11) is 0. The molecule has 200 valence electrons. The van der Waals surface area contributed by atoms with Gasteiger partial charge in [0.25, 0.3) is 0 Å². The number of fused-ring (bicyclic) bond motifs is 1. The first-order chi connectivity index (χ1) is 17.9. The Bertz CT molecular complexity index is 1060. The van der Waals surface area contributed by atoms with Crippen molar-refractivity contribution in [1.29, 1.82) is 0 Å². The molecule has 1 saturated heterocycles. The number of β-amino-alcohol motifs (C(OH)–C–C–N with tert-alkyl or cyclic N) is 1. The minimum atomic E-state index is -0.967. The maximum Gasteiger partial charge on any atom is 0.220 e. The van der Waals surface area contributed by atoms with Crippen LogP contribution in [0.15, 0.2) is 42.5 Å². The van der Waals surface area contributed by atoms with E-state index in [1.807, 2.05) is 4.90 Å². The summed E-state index contributed by atoms with van der Waals surface area (Å²) < 4.78 is 24.2. The van der Waals surface area contributed by atoms with E-state index in [0.29, 0.717) is 87.6 Å². The van der Waals surface area contributed by atoms with Crippen LogP contribution in [0.3, 0.4) is 0 Å². The van der Waals surface area contributed by atoms with Gasteiger partial charge in [-0.1, -0.05) is 12.5 Å². The van der Waals surface area contributed by atoms with Gasteiger partial charge in [-0.25, -0.2) is 4.39 Å². The number of nitrogens with one attached hydrogen (secondary N) is 1. The molecule has 1 unspecified atom stereocenters. The van der Waals surface area contributed by atoms with E-state index < -0.39 is 18.2 Å². The Balaban J connectivity index is 1.28. The first-order valence-electron chi connectivity index (χ1n) is 12.9. The number of carbonyl (C=O) groups excluding carboxylic acids is 2. The number of benzene rings is 2. The van der Waals surface area contributed by atoms with Crippen LogP contribution in [0.25, 0.3) is 0 Å². The first-order valence-corrected chi connectivity index (χ1v) is 12.9. The van der Waals surface area contributed by atoms with Crippen molar-refractivity contribution >= 4 is 11.7 Å². The molecule has 3 atom stereocenters. The van der Waals surface area contributed by atoms with Crippen LogP contribution in [0, 0.1) is 5.82 Å². The summed E-state index contributed by atoms with van der Waals surface area (Å²) in [5.74, 6) is 0.606. The Labute approximate surface area is 216 Å². The van der Waals surface area contributed by atoms with E-state index in [1.165, 1.54) is 24.3 Å². The molecule has 2 aliphatic rings. The minimum Gasteiger partial charge on any atom is -0.486 e. The number of Topliss-reactive ketones (excluding diaryl/α,β-unsaturated/α-hetero) is 1. The highest BCUT2D eigenvalue weighted by molar-refractivity contribution is 5.95. The van der Waals surface area contributed by atoms with Crippen LogP contribution in [0.1, 0.15) is 60.6 Å². The summed E-state index contributed by atoms with van der Waals surface area (Å²) in [4.78, 5) is 27.0. The first kappa shape index (κ1) is 27.0. The van der Waals surface area contributed by atoms with Gasteiger partial charge < -0.3 is 25.0 Å². The molecule has 8 nitrogen and oxygen atoms in total. The molecule has 2 aromatic rings. The zero-order valence-electron chi connectivity index (χ0n) is 20.9. The molecule has 9 heteroatoms. The standard InChI is InChI=1S/C28H35FN2O6/c29-21-9-6-19(7-10-21)24(33)4-2-1-3-5-27(34)30-23(18-31-13-12-22(32)17-31)28(35)20-8-11-25-26(16-20)37-15-14-36-25/h6-11,16,22-23,28,32,35H,1-5,12-15,17-18H2,(H,30,34)/t22?,23-,28-/m1/s1. The lowest BCUT2D eigenvalue weighted by Crippen LogP contribution is -2.47. The van der Waals surface area contributed by atoms with Crippen LogP contribution in [0.4, 0.5) is 4.39 Å². The maximum absolute atomic E-state index is 13.0. The lowest BCUT2D eigenvalue weighted by molar-refractivity contribution is -0.123. The third kappa shape index (κ3) is 7.74. The lowest BCUT2D eigenvalue weighted by atomic mass is 10.00. The van der Waals surface area contributed by atoms with Crippen LogP contribution >= 0.6 is 0 Å². The van der Waals surface area contributed by atoms with Crippen molar-refractivity contribution < 1.29 is 33.7 Å². The van der Waals surface area contributed by atoms with Crippen molar-refractivity contribution in [3.63, 3.8) is 0 Å². The van der Waals surface area contributed by atoms with Gasteiger partial charge in [0.1, 0.15) is 25.1 Å². The quantitative estimate of drug-likeness (QED) is 0.295. The SMILES string of the molecule is O=C(CCCCCC(=O)c1ccc(F)cc1)N[C@H](CN1CCC(O)C1)[C@H](O)c1ccc2c(c1)OCCO2. The molecule has 37 heavy (non-hydrogen) atoms. The van der Waals surface area contributed by atoms with Crippen molar-refractivity contribution in [2.45, 2.75) is 56.8 Å². The van der Waals surface area contributed by atoms with E-state index in [1.54, 1.807) is 18.2 Å². The summed E-state index contributed by atoms with van der Waals surface area (Å²) in [6, 6.07) is 10.2. The van der Waals surface area contributed by atoms with Gasteiger partial charge in [0.2, 0.25) is 5.91 Å². The molecular formula is C28H35FN2O6. The summed E-state index contributed by atoms with van der Waals surface area (Å²) in [5.41, 5.74) is 1.11. The lowest BCUT2D eigenvalue weighted by Gasteiger charge is -2.29. The minimum absolute atomic E-state index is 0.0418. The molecule has 2 aromatic carbocycles. The predicted octanol–water partition coefficient (Wildman–Crippen LogP) is 3.02. The van der Waals surface area contributed by atoms with Crippen molar-refractivity contribution in [2.75, 3.05) is 32.8 Å². The highest BCUT2D eigenvalue weighted by Crippen LogP contribution is 2.33. The van der Waals surface area contributed by atoms with Crippen LogP contribution in [-0.2, 0) is 4.79 Å². The molecule has 0 aromatic heterocycles. The molecule has 2 heterocycles. The van der Waals surface area contributed by atoms with Gasteiger partial charge >= 0.3 is 0 Å². The van der Waals surface area contributed by atoms with Crippen molar-refractivity contribution in [2.24, 2.45) is 0 Å². The summed E-state index contributed by atoms with van der Waals surface area (Å²) in [6.07, 6.45) is 1.86. The van der Waals surface area contributed by atoms with Crippen molar-refractivity contribution in [3.8, 4) is 11.5 Å². The van der Waals surface area contributed by atoms with Crippen LogP contribution < -0.4 is 14.8 Å². The highest BCUT2D eigenvalue weighted by Gasteiger charge is 2.29. The molecule has 4 rings (SSSR count). The number of amides is 1. The molecular weight excluding hydrogens is 479 g/mol. The Kier molecular flexibility index (Phi) is 9.49. The van der Waals surface area contributed by atoms with Gasteiger partial charge in [0.15, 0.2) is 17.3 Å². The second-order valence-corrected chi connectivity index (χ2v) is 9.71. The zero-order valence-corrected chi connectivity index (χ0v) is 20.9. The fraction of sp³-hybridized carbons (Fsp3) is 0.500. The summed E-state index contributed by atoms with van der Waals surface area (Å²) in [6.45, 7) is 2.52. The molecule has 0 aliphatic carbocycles. The smallest absolute Gasteiger partial charge is 0.220 e. The summed E-state index contributed by atoms with van der Waals surface area (Å²) >= 11 is 0. The number of ketones is 1. The average molecular weight is 515 g/mol. The van der Waals surface area contributed by atoms with Gasteiger partial charge in [-0.05, 0) is 61.2 Å². The number of carbonyl (C=O) groups is 2. The Hall–Kier alpha value is -3.01. The van der Waals surface area contributed by atoms with E-state index in [-0.39, 0.29) is 23.9 Å². The number of rotatable bonds is 12.